The first-order valence-electron chi connectivity index (χ1n) is 9.06. The molecule has 0 saturated carbocycles. The van der Waals surface area contributed by atoms with Crippen LogP contribution in [0.4, 0.5) is 0 Å². The zero-order valence-electron chi connectivity index (χ0n) is 15.8. The quantitative estimate of drug-likeness (QED) is 0.692. The summed E-state index contributed by atoms with van der Waals surface area (Å²) in [5.41, 5.74) is 2.95. The Morgan fingerprint density at radius 3 is 1.29 bits per heavy atom. The van der Waals surface area contributed by atoms with Gasteiger partial charge in [-0.15, -0.1) is 0 Å². The number of pyridine rings is 2. The van der Waals surface area contributed by atoms with Gasteiger partial charge >= 0.3 is 0 Å². The molecule has 0 fully saturated rings. The van der Waals surface area contributed by atoms with Gasteiger partial charge in [-0.3, -0.25) is 19.6 Å². The van der Waals surface area contributed by atoms with Crippen molar-refractivity contribution in [2.75, 3.05) is 0 Å². The lowest BCUT2D eigenvalue weighted by molar-refractivity contribution is 0.0927. The van der Waals surface area contributed by atoms with Gasteiger partial charge in [0, 0.05) is 35.9 Å². The van der Waals surface area contributed by atoms with Crippen LogP contribution < -0.4 is 10.6 Å². The normalized spacial score (nSPS) is 12.6. The average molecular weight is 374 g/mol. The second-order valence-corrected chi connectivity index (χ2v) is 6.53. The summed E-state index contributed by atoms with van der Waals surface area (Å²) in [5, 5.41) is 5.88. The summed E-state index contributed by atoms with van der Waals surface area (Å²) >= 11 is 0. The smallest absolute Gasteiger partial charge is 0.251 e. The molecular formula is C22H22N4O2. The van der Waals surface area contributed by atoms with Crippen LogP contribution in [-0.4, -0.2) is 21.8 Å². The summed E-state index contributed by atoms with van der Waals surface area (Å²) < 4.78 is 0. The number of nitrogens with zero attached hydrogens (tertiary/aromatic N) is 2. The zero-order chi connectivity index (χ0) is 19.9. The molecule has 2 amide bonds. The maximum atomic E-state index is 12.4. The Morgan fingerprint density at radius 2 is 0.964 bits per heavy atom. The van der Waals surface area contributed by atoms with Crippen LogP contribution in [0.15, 0.2) is 73.3 Å². The number of rotatable bonds is 6. The first kappa shape index (κ1) is 19.2. The predicted octanol–water partition coefficient (Wildman–Crippen LogP) is 3.46. The molecule has 1 aromatic carbocycles. The van der Waals surface area contributed by atoms with E-state index < -0.39 is 0 Å². The van der Waals surface area contributed by atoms with Gasteiger partial charge in [-0.2, -0.15) is 0 Å². The minimum atomic E-state index is -0.193. The van der Waals surface area contributed by atoms with Gasteiger partial charge in [0.2, 0.25) is 0 Å². The minimum Gasteiger partial charge on any atom is -0.346 e. The van der Waals surface area contributed by atoms with Crippen LogP contribution in [0.3, 0.4) is 0 Å². The molecule has 3 aromatic rings. The second kappa shape index (κ2) is 8.90. The Morgan fingerprint density at radius 1 is 0.643 bits per heavy atom. The average Bonchev–Trinajstić information content (AvgIpc) is 2.75. The highest BCUT2D eigenvalue weighted by molar-refractivity contribution is 5.98. The van der Waals surface area contributed by atoms with Crippen LogP contribution >= 0.6 is 0 Å². The van der Waals surface area contributed by atoms with Crippen molar-refractivity contribution in [3.63, 3.8) is 0 Å². The van der Waals surface area contributed by atoms with E-state index in [0.717, 1.165) is 11.1 Å². The fourth-order valence-corrected chi connectivity index (χ4v) is 2.80. The molecule has 2 unspecified atom stereocenters. The highest BCUT2D eigenvalue weighted by atomic mass is 16.2. The molecule has 0 radical (unpaired) electrons. The molecule has 3 rings (SSSR count). The first-order valence-corrected chi connectivity index (χ1v) is 9.06. The Labute approximate surface area is 164 Å². The third kappa shape index (κ3) is 4.79. The molecule has 6 heteroatoms. The first-order chi connectivity index (χ1) is 13.5. The van der Waals surface area contributed by atoms with Crippen molar-refractivity contribution in [2.45, 2.75) is 25.9 Å². The lowest BCUT2D eigenvalue weighted by Gasteiger charge is -2.15. The number of carbonyl (C=O) groups excluding carboxylic acids is 2. The molecule has 28 heavy (non-hydrogen) atoms. The number of amides is 2. The Balaban J connectivity index is 1.61. The third-order valence-corrected chi connectivity index (χ3v) is 4.52. The zero-order valence-corrected chi connectivity index (χ0v) is 15.8. The van der Waals surface area contributed by atoms with Gasteiger partial charge < -0.3 is 10.6 Å². The third-order valence-electron chi connectivity index (χ3n) is 4.52. The van der Waals surface area contributed by atoms with Crippen molar-refractivity contribution in [3.05, 3.63) is 95.6 Å². The lowest BCUT2D eigenvalue weighted by Crippen LogP contribution is -2.28. The molecule has 2 heterocycles. The van der Waals surface area contributed by atoms with E-state index in [-0.39, 0.29) is 23.9 Å². The van der Waals surface area contributed by atoms with Crippen LogP contribution in [0.5, 0.6) is 0 Å². The van der Waals surface area contributed by atoms with E-state index in [1.165, 1.54) is 0 Å². The fourth-order valence-electron chi connectivity index (χ4n) is 2.80. The van der Waals surface area contributed by atoms with E-state index in [1.54, 1.807) is 49.1 Å². The Kier molecular flexibility index (Phi) is 6.11. The van der Waals surface area contributed by atoms with Crippen LogP contribution in [0.1, 0.15) is 57.8 Å². The van der Waals surface area contributed by atoms with Crippen molar-refractivity contribution in [2.24, 2.45) is 0 Å². The van der Waals surface area contributed by atoms with Crippen LogP contribution in [0.25, 0.3) is 0 Å². The summed E-state index contributed by atoms with van der Waals surface area (Å²) in [5.74, 6) is -0.386. The van der Waals surface area contributed by atoms with E-state index in [2.05, 4.69) is 20.6 Å². The number of benzene rings is 1. The highest BCUT2D eigenvalue weighted by Crippen LogP contribution is 2.14. The van der Waals surface area contributed by atoms with Crippen molar-refractivity contribution < 1.29 is 9.59 Å². The number of aromatic nitrogens is 2. The van der Waals surface area contributed by atoms with Gasteiger partial charge in [0.15, 0.2) is 0 Å². The van der Waals surface area contributed by atoms with Crippen LogP contribution in [-0.2, 0) is 0 Å². The number of hydrogen-bond donors (Lipinski definition) is 2. The number of nitrogens with one attached hydrogen (secondary N) is 2. The van der Waals surface area contributed by atoms with Crippen LogP contribution in [0.2, 0.25) is 0 Å². The monoisotopic (exact) mass is 374 g/mol. The van der Waals surface area contributed by atoms with Crippen LogP contribution in [0, 0.1) is 0 Å². The molecular weight excluding hydrogens is 352 g/mol. The van der Waals surface area contributed by atoms with Gasteiger partial charge in [0.05, 0.1) is 12.1 Å². The van der Waals surface area contributed by atoms with E-state index in [1.807, 2.05) is 38.1 Å². The maximum Gasteiger partial charge on any atom is 0.251 e. The predicted molar refractivity (Wildman–Crippen MR) is 107 cm³/mol. The summed E-state index contributed by atoms with van der Waals surface area (Å²) in [6, 6.07) is 13.8. The van der Waals surface area contributed by atoms with Gasteiger partial charge in [0.1, 0.15) is 0 Å². The van der Waals surface area contributed by atoms with Gasteiger partial charge in [0.25, 0.3) is 11.8 Å². The molecule has 0 aliphatic heterocycles. The molecule has 0 saturated heterocycles. The SMILES string of the molecule is CC(NC(=O)c1ccc(C(=O)NC(C)c2ccncc2)cc1)c1ccncc1. The summed E-state index contributed by atoms with van der Waals surface area (Å²) in [4.78, 5) is 32.8. The van der Waals surface area contributed by atoms with Gasteiger partial charge in [-0.1, -0.05) is 0 Å². The highest BCUT2D eigenvalue weighted by Gasteiger charge is 2.14. The van der Waals surface area contributed by atoms with E-state index in [4.69, 9.17) is 0 Å². The molecule has 2 aromatic heterocycles. The lowest BCUT2D eigenvalue weighted by atomic mass is 10.1. The summed E-state index contributed by atoms with van der Waals surface area (Å²) in [6.07, 6.45) is 6.77. The minimum absolute atomic E-state index is 0.139. The maximum absolute atomic E-state index is 12.4. The topological polar surface area (TPSA) is 84.0 Å². The molecule has 2 atom stereocenters. The Hall–Kier alpha value is -3.54. The summed E-state index contributed by atoms with van der Waals surface area (Å²) in [7, 11) is 0. The molecule has 142 valence electrons. The van der Waals surface area contributed by atoms with E-state index in [0.29, 0.717) is 11.1 Å². The van der Waals surface area contributed by atoms with E-state index >= 15 is 0 Å². The van der Waals surface area contributed by atoms with Gasteiger partial charge in [-0.05, 0) is 73.5 Å². The molecule has 0 spiro atoms. The molecule has 0 aliphatic rings. The van der Waals surface area contributed by atoms with Crippen molar-refractivity contribution >= 4 is 11.8 Å². The Bertz CT molecular complexity index is 849. The molecule has 6 nitrogen and oxygen atoms in total. The molecule has 2 N–H and O–H groups in total. The van der Waals surface area contributed by atoms with Crippen molar-refractivity contribution in [1.29, 1.82) is 0 Å². The van der Waals surface area contributed by atoms with Crippen molar-refractivity contribution in [1.82, 2.24) is 20.6 Å². The number of hydrogen-bond acceptors (Lipinski definition) is 4. The van der Waals surface area contributed by atoms with Gasteiger partial charge in [-0.25, -0.2) is 0 Å². The standard InChI is InChI=1S/C22H22N4O2/c1-15(17-7-11-23-12-8-17)25-21(27)19-3-5-20(6-4-19)22(28)26-16(2)18-9-13-24-14-10-18/h3-16H,1-2H3,(H,25,27)(H,26,28). The largest absolute Gasteiger partial charge is 0.346 e. The molecule has 0 bridgehead atoms. The van der Waals surface area contributed by atoms with Crippen molar-refractivity contribution in [3.8, 4) is 0 Å². The molecule has 0 aliphatic carbocycles. The fraction of sp³-hybridized carbons (Fsp3) is 0.182. The van der Waals surface area contributed by atoms with E-state index in [9.17, 15) is 9.59 Å². The summed E-state index contributed by atoms with van der Waals surface area (Å²) in [6.45, 7) is 3.82. The second-order valence-electron chi connectivity index (χ2n) is 6.53. The number of carbonyl (C=O) groups is 2.